The van der Waals surface area contributed by atoms with Crippen molar-refractivity contribution in [3.8, 4) is 5.75 Å². The molecule has 0 radical (unpaired) electrons. The number of likely N-dealkylation sites (tertiary alicyclic amines) is 1. The zero-order valence-corrected chi connectivity index (χ0v) is 23.6. The van der Waals surface area contributed by atoms with Crippen LogP contribution in [0.4, 0.5) is 0 Å². The fourth-order valence-electron chi connectivity index (χ4n) is 6.35. The van der Waals surface area contributed by atoms with E-state index in [1.807, 2.05) is 24.3 Å². The van der Waals surface area contributed by atoms with Gasteiger partial charge in [0.1, 0.15) is 17.9 Å². The fourth-order valence-corrected chi connectivity index (χ4v) is 6.48. The third kappa shape index (κ3) is 5.28. The number of methoxy groups -OCH3 is 1. The van der Waals surface area contributed by atoms with E-state index in [-0.39, 0.29) is 29.9 Å². The molecule has 3 amide bonds. The van der Waals surface area contributed by atoms with E-state index in [0.29, 0.717) is 18.5 Å². The fraction of sp³-hybridized carbons (Fsp3) is 0.452. The highest BCUT2D eigenvalue weighted by Gasteiger charge is 2.40. The van der Waals surface area contributed by atoms with Crippen molar-refractivity contribution >= 4 is 34.9 Å². The third-order valence-corrected chi connectivity index (χ3v) is 8.99. The van der Waals surface area contributed by atoms with E-state index >= 15 is 0 Å². The van der Waals surface area contributed by atoms with Crippen LogP contribution >= 0.6 is 11.6 Å². The second kappa shape index (κ2) is 10.7. The summed E-state index contributed by atoms with van der Waals surface area (Å²) in [6.45, 7) is 5.04. The summed E-state index contributed by atoms with van der Waals surface area (Å²) >= 11 is 6.14. The third-order valence-electron chi connectivity index (χ3n) is 8.74. The monoisotopic (exact) mass is 563 g/mol. The van der Waals surface area contributed by atoms with Crippen molar-refractivity contribution in [2.45, 2.75) is 63.3 Å². The maximum atomic E-state index is 13.0. The summed E-state index contributed by atoms with van der Waals surface area (Å²) in [5.74, 6) is -0.135. The molecule has 9 heteroatoms. The number of hydrogen-bond donors (Lipinski definition) is 1. The number of fused-ring (bicyclic) bond motifs is 1. The summed E-state index contributed by atoms with van der Waals surface area (Å²) in [7, 11) is 1.80. The van der Waals surface area contributed by atoms with Gasteiger partial charge in [-0.3, -0.25) is 24.6 Å². The number of carbonyl (C=O) groups excluding carboxylic acids is 3. The molecule has 40 heavy (non-hydrogen) atoms. The Hall–Kier alpha value is -3.20. The smallest absolute Gasteiger partial charge is 0.255 e. The molecule has 0 bridgehead atoms. The number of halogens is 1. The summed E-state index contributed by atoms with van der Waals surface area (Å²) in [4.78, 5) is 40.8. The minimum absolute atomic E-state index is 0.0679. The number of piperidine rings is 1. The first-order chi connectivity index (χ1) is 19.2. The lowest BCUT2D eigenvalue weighted by Gasteiger charge is -2.42. The first-order valence-corrected chi connectivity index (χ1v) is 14.3. The van der Waals surface area contributed by atoms with Gasteiger partial charge in [0, 0.05) is 50.3 Å². The molecule has 2 atom stereocenters. The maximum Gasteiger partial charge on any atom is 0.255 e. The molecule has 210 valence electrons. The zero-order chi connectivity index (χ0) is 28.0. The highest BCUT2D eigenvalue weighted by Crippen LogP contribution is 2.40. The standard InChI is InChI=1S/C31H34ClN3O5/c1-31(39-2)12-11-25(19-3-5-22(32)6-4-19)21(14-31)15-34-17-24(18-34)40-23-7-8-26-20(13-23)16-35(30(26)38)27-9-10-28(36)33-29(27)37/h3-8,13,24,27H,9-12,14-18H2,1-2H3,(H,33,36,37). The predicted octanol–water partition coefficient (Wildman–Crippen LogP) is 4.21. The van der Waals surface area contributed by atoms with E-state index in [1.165, 1.54) is 16.7 Å². The van der Waals surface area contributed by atoms with Gasteiger partial charge in [-0.25, -0.2) is 0 Å². The van der Waals surface area contributed by atoms with Crippen LogP contribution in [0.3, 0.4) is 0 Å². The Kier molecular flexibility index (Phi) is 7.19. The molecule has 2 unspecified atom stereocenters. The maximum absolute atomic E-state index is 13.0. The van der Waals surface area contributed by atoms with Gasteiger partial charge in [-0.2, -0.15) is 0 Å². The molecule has 3 aliphatic heterocycles. The van der Waals surface area contributed by atoms with E-state index < -0.39 is 11.9 Å². The molecule has 1 N–H and O–H groups in total. The van der Waals surface area contributed by atoms with Crippen LogP contribution in [0.25, 0.3) is 5.57 Å². The van der Waals surface area contributed by atoms with Crippen LogP contribution in [0.15, 0.2) is 48.0 Å². The molecular formula is C31H34ClN3O5. The number of carbonyl (C=O) groups is 3. The minimum Gasteiger partial charge on any atom is -0.488 e. The average molecular weight is 564 g/mol. The zero-order valence-electron chi connectivity index (χ0n) is 22.9. The quantitative estimate of drug-likeness (QED) is 0.508. The lowest BCUT2D eigenvalue weighted by atomic mass is 9.78. The van der Waals surface area contributed by atoms with Crippen LogP contribution in [0.5, 0.6) is 5.75 Å². The number of allylic oxidation sites excluding steroid dienone is 1. The van der Waals surface area contributed by atoms with Crippen molar-refractivity contribution in [3.63, 3.8) is 0 Å². The van der Waals surface area contributed by atoms with Crippen LogP contribution in [0.1, 0.15) is 60.5 Å². The van der Waals surface area contributed by atoms with E-state index in [9.17, 15) is 14.4 Å². The van der Waals surface area contributed by atoms with Crippen molar-refractivity contribution in [2.75, 3.05) is 26.7 Å². The second-order valence-corrected chi connectivity index (χ2v) is 12.0. The van der Waals surface area contributed by atoms with Gasteiger partial charge < -0.3 is 14.4 Å². The summed E-state index contributed by atoms with van der Waals surface area (Å²) in [5, 5.41) is 3.09. The van der Waals surface area contributed by atoms with Gasteiger partial charge in [-0.1, -0.05) is 23.7 Å². The first kappa shape index (κ1) is 27.0. The van der Waals surface area contributed by atoms with Gasteiger partial charge in [0.25, 0.3) is 5.91 Å². The normalized spacial score (nSPS) is 25.6. The lowest BCUT2D eigenvalue weighted by molar-refractivity contribution is -0.136. The summed E-state index contributed by atoms with van der Waals surface area (Å²) in [5.41, 5.74) is 5.30. The van der Waals surface area contributed by atoms with Gasteiger partial charge in [-0.15, -0.1) is 0 Å². The summed E-state index contributed by atoms with van der Waals surface area (Å²) < 4.78 is 12.2. The molecule has 4 aliphatic rings. The van der Waals surface area contributed by atoms with Crippen molar-refractivity contribution in [1.29, 1.82) is 0 Å². The van der Waals surface area contributed by atoms with Crippen LogP contribution in [0, 0.1) is 0 Å². The van der Waals surface area contributed by atoms with E-state index in [0.717, 1.165) is 55.2 Å². The Labute approximate surface area is 239 Å². The number of nitrogens with zero attached hydrogens (tertiary/aromatic N) is 2. The molecule has 3 heterocycles. The van der Waals surface area contributed by atoms with Gasteiger partial charge in [-0.05, 0) is 85.2 Å². The molecule has 2 fully saturated rings. The van der Waals surface area contributed by atoms with Gasteiger partial charge in [0.05, 0.1) is 5.60 Å². The molecule has 6 rings (SSSR count). The number of imide groups is 1. The van der Waals surface area contributed by atoms with Crippen LogP contribution in [0.2, 0.25) is 5.02 Å². The van der Waals surface area contributed by atoms with E-state index in [4.69, 9.17) is 21.1 Å². The molecule has 0 spiro atoms. The molecule has 2 saturated heterocycles. The summed E-state index contributed by atoms with van der Waals surface area (Å²) in [6, 6.07) is 13.0. The highest BCUT2D eigenvalue weighted by atomic mass is 35.5. The first-order valence-electron chi connectivity index (χ1n) is 13.9. The molecule has 0 saturated carbocycles. The molecule has 2 aromatic rings. The molecule has 0 aromatic heterocycles. The minimum atomic E-state index is -0.617. The number of nitrogens with one attached hydrogen (secondary N) is 1. The van der Waals surface area contributed by atoms with Crippen LogP contribution < -0.4 is 10.1 Å². The second-order valence-electron chi connectivity index (χ2n) is 11.6. The predicted molar refractivity (Wildman–Crippen MR) is 151 cm³/mol. The Morgan fingerprint density at radius 3 is 2.58 bits per heavy atom. The van der Waals surface area contributed by atoms with Crippen LogP contribution in [-0.2, 0) is 20.9 Å². The van der Waals surface area contributed by atoms with Crippen molar-refractivity contribution in [1.82, 2.24) is 15.1 Å². The topological polar surface area (TPSA) is 88.2 Å². The SMILES string of the molecule is COC1(C)CCC(c2ccc(Cl)cc2)=C(CN2CC(Oc3ccc4c(c3)CN(C3CCC(=O)NC3=O)C4=O)C2)C1. The Morgan fingerprint density at radius 1 is 1.07 bits per heavy atom. The Balaban J connectivity index is 1.09. The number of benzene rings is 2. The molecule has 2 aromatic carbocycles. The number of rotatable bonds is 7. The molecular weight excluding hydrogens is 530 g/mol. The highest BCUT2D eigenvalue weighted by molar-refractivity contribution is 6.30. The molecule has 8 nitrogen and oxygen atoms in total. The van der Waals surface area contributed by atoms with E-state index in [2.05, 4.69) is 29.3 Å². The largest absolute Gasteiger partial charge is 0.488 e. The van der Waals surface area contributed by atoms with E-state index in [1.54, 1.807) is 18.1 Å². The van der Waals surface area contributed by atoms with Crippen molar-refractivity contribution in [2.24, 2.45) is 0 Å². The number of hydrogen-bond acceptors (Lipinski definition) is 6. The number of ether oxygens (including phenoxy) is 2. The Morgan fingerprint density at radius 2 is 1.85 bits per heavy atom. The average Bonchev–Trinajstić information content (AvgIpc) is 3.23. The van der Waals surface area contributed by atoms with Crippen LogP contribution in [-0.4, -0.2) is 72.0 Å². The van der Waals surface area contributed by atoms with Gasteiger partial charge in [0.15, 0.2) is 0 Å². The van der Waals surface area contributed by atoms with Gasteiger partial charge in [0.2, 0.25) is 11.8 Å². The van der Waals surface area contributed by atoms with Gasteiger partial charge >= 0.3 is 0 Å². The summed E-state index contributed by atoms with van der Waals surface area (Å²) in [6.07, 6.45) is 3.51. The van der Waals surface area contributed by atoms with Crippen molar-refractivity contribution < 1.29 is 23.9 Å². The Bertz CT molecular complexity index is 1380. The number of amides is 3. The van der Waals surface area contributed by atoms with Crippen molar-refractivity contribution in [3.05, 3.63) is 69.8 Å². The molecule has 1 aliphatic carbocycles. The lowest BCUT2D eigenvalue weighted by Crippen LogP contribution is -2.54.